The number of nitrogens with zero attached hydrogens (tertiary/aromatic N) is 3. The highest BCUT2D eigenvalue weighted by atomic mass is 16.2. The van der Waals surface area contributed by atoms with Gasteiger partial charge in [-0.2, -0.15) is 0 Å². The summed E-state index contributed by atoms with van der Waals surface area (Å²) in [6.07, 6.45) is 3.49. The molecule has 0 bridgehead atoms. The molecule has 1 atom stereocenters. The molecule has 2 aromatic carbocycles. The first-order chi connectivity index (χ1) is 16.7. The topological polar surface area (TPSA) is 58.1 Å². The molecule has 172 valence electrons. The summed E-state index contributed by atoms with van der Waals surface area (Å²) in [6, 6.07) is 26.3. The van der Waals surface area contributed by atoms with Crippen LogP contribution >= 0.6 is 0 Å². The van der Waals surface area contributed by atoms with Crippen molar-refractivity contribution in [2.75, 3.05) is 13.1 Å². The molecule has 0 spiro atoms. The molecule has 0 aliphatic carbocycles. The Kier molecular flexibility index (Phi) is 6.63. The maximum absolute atomic E-state index is 13.3. The first kappa shape index (κ1) is 22.2. The van der Waals surface area contributed by atoms with Gasteiger partial charge >= 0.3 is 0 Å². The molecular formula is C29H30N4O. The van der Waals surface area contributed by atoms with Crippen LogP contribution in [0, 0.1) is 12.8 Å². The van der Waals surface area contributed by atoms with Crippen LogP contribution in [0.5, 0.6) is 0 Å². The fourth-order valence-corrected chi connectivity index (χ4v) is 4.79. The quantitative estimate of drug-likeness (QED) is 0.446. The number of carbonyl (C=O) groups is 1. The van der Waals surface area contributed by atoms with Crippen LogP contribution in [0.3, 0.4) is 0 Å². The summed E-state index contributed by atoms with van der Waals surface area (Å²) in [6.45, 7) is 4.65. The molecule has 1 amide bonds. The zero-order valence-corrected chi connectivity index (χ0v) is 19.5. The fraction of sp³-hybridized carbons (Fsp3) is 0.276. The highest BCUT2D eigenvalue weighted by Crippen LogP contribution is 2.26. The number of benzene rings is 2. The Bertz CT molecular complexity index is 1270. The largest absolute Gasteiger partial charge is 0.343 e. The third-order valence-corrected chi connectivity index (χ3v) is 6.74. The van der Waals surface area contributed by atoms with Crippen molar-refractivity contribution in [3.8, 4) is 0 Å². The molecule has 2 aromatic heterocycles. The average Bonchev–Trinajstić information content (AvgIpc) is 2.88. The van der Waals surface area contributed by atoms with Crippen LogP contribution in [-0.4, -0.2) is 33.9 Å². The van der Waals surface area contributed by atoms with E-state index in [4.69, 9.17) is 4.98 Å². The van der Waals surface area contributed by atoms with Gasteiger partial charge in [-0.3, -0.25) is 19.7 Å². The molecule has 1 saturated heterocycles. The molecule has 0 radical (unpaired) electrons. The third-order valence-electron chi connectivity index (χ3n) is 6.74. The van der Waals surface area contributed by atoms with Crippen molar-refractivity contribution < 1.29 is 4.79 Å². The van der Waals surface area contributed by atoms with Crippen molar-refractivity contribution in [1.82, 2.24) is 20.2 Å². The number of fused-ring (bicyclic) bond motifs is 1. The smallest absolute Gasteiger partial charge is 0.224 e. The van der Waals surface area contributed by atoms with E-state index in [-0.39, 0.29) is 17.9 Å². The van der Waals surface area contributed by atoms with E-state index in [1.54, 1.807) is 6.20 Å². The maximum atomic E-state index is 13.3. The van der Waals surface area contributed by atoms with Crippen LogP contribution in [0.1, 0.15) is 41.4 Å². The molecule has 1 aliphatic rings. The number of aryl methyl sites for hydroxylation is 1. The van der Waals surface area contributed by atoms with Crippen molar-refractivity contribution in [2.24, 2.45) is 5.92 Å². The third kappa shape index (κ3) is 5.00. The molecule has 5 nitrogen and oxygen atoms in total. The molecular weight excluding hydrogens is 420 g/mol. The number of amides is 1. The fourth-order valence-electron chi connectivity index (χ4n) is 4.79. The number of rotatable bonds is 6. The van der Waals surface area contributed by atoms with Crippen LogP contribution in [0.15, 0.2) is 85.1 Å². The van der Waals surface area contributed by atoms with E-state index >= 15 is 0 Å². The molecule has 1 unspecified atom stereocenters. The van der Waals surface area contributed by atoms with Crippen molar-refractivity contribution in [1.29, 1.82) is 0 Å². The minimum atomic E-state index is -0.241. The van der Waals surface area contributed by atoms with E-state index in [0.29, 0.717) is 0 Å². The lowest BCUT2D eigenvalue weighted by Crippen LogP contribution is -2.41. The van der Waals surface area contributed by atoms with Gasteiger partial charge in [0.05, 0.1) is 22.9 Å². The second-order valence-electron chi connectivity index (χ2n) is 9.10. The lowest BCUT2D eigenvalue weighted by molar-refractivity contribution is -0.127. The number of piperidine rings is 1. The van der Waals surface area contributed by atoms with E-state index in [0.717, 1.165) is 65.9 Å². The highest BCUT2D eigenvalue weighted by molar-refractivity contribution is 5.80. The van der Waals surface area contributed by atoms with Gasteiger partial charge in [-0.15, -0.1) is 0 Å². The van der Waals surface area contributed by atoms with Crippen LogP contribution in [-0.2, 0) is 11.3 Å². The minimum absolute atomic E-state index is 0.0102. The Balaban J connectivity index is 1.23. The molecule has 1 fully saturated rings. The molecule has 1 N–H and O–H groups in total. The first-order valence-corrected chi connectivity index (χ1v) is 12.0. The van der Waals surface area contributed by atoms with Crippen molar-refractivity contribution >= 4 is 16.8 Å². The number of para-hydroxylation sites is 1. The number of hydrogen-bond donors (Lipinski definition) is 1. The summed E-state index contributed by atoms with van der Waals surface area (Å²) in [7, 11) is 0. The standard InChI is InChI=1S/C29H30N4O/c1-21-8-7-17-30-27(21)28(23-10-3-2-4-11-23)32-29(34)24-15-18-33(19-16-24)20-25-14-13-22-9-5-6-12-26(22)31-25/h2-14,17,24,28H,15-16,18-20H2,1H3,(H,32,34). The van der Waals surface area contributed by atoms with Gasteiger partial charge in [0, 0.05) is 24.0 Å². The first-order valence-electron chi connectivity index (χ1n) is 12.0. The molecule has 4 aromatic rings. The van der Waals surface area contributed by atoms with Crippen LogP contribution in [0.2, 0.25) is 0 Å². The molecule has 5 heteroatoms. The predicted octanol–water partition coefficient (Wildman–Crippen LogP) is 5.06. The SMILES string of the molecule is Cc1cccnc1C(NC(=O)C1CCN(Cc2ccc3ccccc3n2)CC1)c1ccccc1. The van der Waals surface area contributed by atoms with Gasteiger partial charge < -0.3 is 5.32 Å². The van der Waals surface area contributed by atoms with E-state index in [2.05, 4.69) is 51.6 Å². The maximum Gasteiger partial charge on any atom is 0.224 e. The van der Waals surface area contributed by atoms with Crippen molar-refractivity contribution in [2.45, 2.75) is 32.4 Å². The lowest BCUT2D eigenvalue weighted by Gasteiger charge is -2.32. The minimum Gasteiger partial charge on any atom is -0.343 e. The number of carbonyl (C=O) groups excluding carboxylic acids is 1. The Morgan fingerprint density at radius 2 is 1.74 bits per heavy atom. The monoisotopic (exact) mass is 450 g/mol. The predicted molar refractivity (Wildman–Crippen MR) is 135 cm³/mol. The Morgan fingerprint density at radius 1 is 0.971 bits per heavy atom. The van der Waals surface area contributed by atoms with E-state index < -0.39 is 0 Å². The summed E-state index contributed by atoms with van der Waals surface area (Å²) >= 11 is 0. The highest BCUT2D eigenvalue weighted by Gasteiger charge is 2.28. The summed E-state index contributed by atoms with van der Waals surface area (Å²) < 4.78 is 0. The number of pyridine rings is 2. The Morgan fingerprint density at radius 3 is 2.53 bits per heavy atom. The van der Waals surface area contributed by atoms with Gasteiger partial charge in [-0.05, 0) is 62.2 Å². The zero-order chi connectivity index (χ0) is 23.3. The summed E-state index contributed by atoms with van der Waals surface area (Å²) in [5.41, 5.74) is 5.15. The van der Waals surface area contributed by atoms with E-state index in [1.165, 1.54) is 0 Å². The molecule has 3 heterocycles. The average molecular weight is 451 g/mol. The van der Waals surface area contributed by atoms with Gasteiger partial charge in [0.15, 0.2) is 0 Å². The van der Waals surface area contributed by atoms with Gasteiger partial charge in [0.2, 0.25) is 5.91 Å². The summed E-state index contributed by atoms with van der Waals surface area (Å²) in [5.74, 6) is 0.124. The van der Waals surface area contributed by atoms with Crippen LogP contribution in [0.25, 0.3) is 10.9 Å². The summed E-state index contributed by atoms with van der Waals surface area (Å²) in [5, 5.41) is 4.48. The van der Waals surface area contributed by atoms with Crippen molar-refractivity contribution in [3.05, 3.63) is 108 Å². The number of hydrogen-bond acceptors (Lipinski definition) is 4. The lowest BCUT2D eigenvalue weighted by atomic mass is 9.93. The normalized spacial score (nSPS) is 15.8. The summed E-state index contributed by atoms with van der Waals surface area (Å²) in [4.78, 5) is 25.1. The molecule has 0 saturated carbocycles. The Labute approximate surface area is 200 Å². The van der Waals surface area contributed by atoms with Gasteiger partial charge in [-0.25, -0.2) is 0 Å². The molecule has 1 aliphatic heterocycles. The van der Waals surface area contributed by atoms with E-state index in [9.17, 15) is 4.79 Å². The molecule has 34 heavy (non-hydrogen) atoms. The van der Waals surface area contributed by atoms with Gasteiger partial charge in [0.1, 0.15) is 0 Å². The van der Waals surface area contributed by atoms with E-state index in [1.807, 2.05) is 49.4 Å². The van der Waals surface area contributed by atoms with Gasteiger partial charge in [-0.1, -0.05) is 60.7 Å². The van der Waals surface area contributed by atoms with Crippen LogP contribution in [0.4, 0.5) is 0 Å². The molecule has 5 rings (SSSR count). The van der Waals surface area contributed by atoms with Gasteiger partial charge in [0.25, 0.3) is 0 Å². The second kappa shape index (κ2) is 10.1. The number of aromatic nitrogens is 2. The number of likely N-dealkylation sites (tertiary alicyclic amines) is 1. The van der Waals surface area contributed by atoms with Crippen molar-refractivity contribution in [3.63, 3.8) is 0 Å². The number of nitrogens with one attached hydrogen (secondary N) is 1. The zero-order valence-electron chi connectivity index (χ0n) is 19.5. The Hall–Kier alpha value is -3.57. The van der Waals surface area contributed by atoms with Crippen LogP contribution < -0.4 is 5.32 Å². The second-order valence-corrected chi connectivity index (χ2v) is 9.10.